The Hall–Kier alpha value is -2.48. The van der Waals surface area contributed by atoms with Crippen LogP contribution in [0.4, 0.5) is 0 Å². The first-order valence-corrected chi connectivity index (χ1v) is 27.3. The topological polar surface area (TPSA) is 71.1 Å². The largest absolute Gasteiger partial charge is 0.349 e. The highest BCUT2D eigenvalue weighted by Gasteiger charge is 2.71. The van der Waals surface area contributed by atoms with Crippen molar-refractivity contribution in [1.29, 1.82) is 0 Å². The Morgan fingerprint density at radius 2 is 0.955 bits per heavy atom. The predicted octanol–water partition coefficient (Wildman–Crippen LogP) is 12.4. The lowest BCUT2D eigenvalue weighted by Crippen LogP contribution is -2.53. The first-order valence-electron chi connectivity index (χ1n) is 27.3. The lowest BCUT2D eigenvalue weighted by atomic mass is 9.47. The number of rotatable bonds is 4. The number of benzene rings is 1. The zero-order valence-electron chi connectivity index (χ0n) is 42.0. The second-order valence-corrected chi connectivity index (χ2v) is 25.7. The zero-order valence-corrected chi connectivity index (χ0v) is 42.0. The fourth-order valence-corrected chi connectivity index (χ4v) is 18.8. The minimum Gasteiger partial charge on any atom is -0.349 e. The maximum absolute atomic E-state index is 13.8. The number of hydrogen-bond donors (Lipinski definition) is 0. The van der Waals surface area contributed by atoms with Crippen LogP contribution in [0.15, 0.2) is 24.3 Å². The van der Waals surface area contributed by atoms with Gasteiger partial charge in [-0.1, -0.05) is 79.1 Å². The van der Waals surface area contributed by atoms with Crippen LogP contribution in [-0.2, 0) is 28.5 Å². The highest BCUT2D eigenvalue weighted by Crippen LogP contribution is 2.71. The molecule has 10 fully saturated rings. The van der Waals surface area contributed by atoms with E-state index >= 15 is 0 Å². The van der Waals surface area contributed by atoms with E-state index in [0.717, 1.165) is 101 Å². The monoisotopic (exact) mass is 899 g/mol. The van der Waals surface area contributed by atoms with Gasteiger partial charge in [0.2, 0.25) is 0 Å². The van der Waals surface area contributed by atoms with Crippen LogP contribution in [0, 0.1) is 116 Å². The molecule has 66 heavy (non-hydrogen) atoms. The Kier molecular flexibility index (Phi) is 11.5. The van der Waals surface area contributed by atoms with E-state index in [1.54, 1.807) is 0 Å². The van der Waals surface area contributed by atoms with Gasteiger partial charge in [0, 0.05) is 72.3 Å². The van der Waals surface area contributed by atoms with Crippen molar-refractivity contribution in [3.8, 4) is 23.7 Å². The number of carbonyl (C=O) groups is 2. The highest BCUT2D eigenvalue weighted by molar-refractivity contribution is 5.86. The van der Waals surface area contributed by atoms with Crippen molar-refractivity contribution in [2.45, 2.75) is 195 Å². The molecule has 6 heteroatoms. The predicted molar refractivity (Wildman–Crippen MR) is 257 cm³/mol. The molecule has 6 nitrogen and oxygen atoms in total. The number of ether oxygens (including phenoxy) is 4. The SMILES string of the molecule is C[C@@H]1CC[C@@]2(OC1)O[C@H]1C[C@H]3[C@@H]4CCC(=O)[C@](C)(CCC#Cc5ccc(C#CCC[C@@]6(C)C(=O)CC[C@H]7[C@@H]8C[C@@H]9O[C@]%10(CC[C@@H](C)CO%10)[C@@H](C)[C@@H]9[C@@]8(C)CC[C@@H]76)cc5)[C@H]4CC[C@]3(C)[C@H]1[C@@H]2C. The van der Waals surface area contributed by atoms with Crippen LogP contribution in [0.5, 0.6) is 0 Å². The van der Waals surface area contributed by atoms with E-state index in [-0.39, 0.29) is 45.4 Å². The fourth-order valence-electron chi connectivity index (χ4n) is 18.8. The molecule has 0 amide bonds. The van der Waals surface area contributed by atoms with Crippen LogP contribution < -0.4 is 0 Å². The number of ketones is 2. The molecule has 4 heterocycles. The van der Waals surface area contributed by atoms with Crippen molar-refractivity contribution < 1.29 is 28.5 Å². The maximum atomic E-state index is 13.8. The van der Waals surface area contributed by atoms with Crippen LogP contribution in [0.2, 0.25) is 0 Å². The molecule has 20 atom stereocenters. The number of carbonyl (C=O) groups excluding carboxylic acids is 2. The number of fused-ring (bicyclic) bond motifs is 10. The zero-order chi connectivity index (χ0) is 46.0. The summed E-state index contributed by atoms with van der Waals surface area (Å²) < 4.78 is 27.1. The number of Topliss-reactive ketones (excluding diaryl/α,β-unsaturated/α-hetero) is 2. The summed E-state index contributed by atoms with van der Waals surface area (Å²) in [4.78, 5) is 27.7. The molecule has 1 aromatic rings. The van der Waals surface area contributed by atoms with Gasteiger partial charge in [-0.25, -0.2) is 0 Å². The summed E-state index contributed by atoms with van der Waals surface area (Å²) >= 11 is 0. The lowest BCUT2D eigenvalue weighted by molar-refractivity contribution is -0.273. The standard InChI is InChI=1S/C60H82O6/c1-37-23-31-59(63-35-37)39(3)53-49(65-59)33-47-43-19-21-51(61)55(5,45(43)25-29-57(47,53)7)27-11-9-13-41-15-17-42(18-16-41)14-10-12-28-56(6)46-26-30-58(8)48(44(46)20-22-52(56)62)34-50-54(58)40(4)60(66-50)32-24-38(2)36-64-60/h15-18,37-40,43-50,53-54H,11-12,19-36H2,1-8H3/t37-,38-,39+,40+,43-,44-,45+,46+,47+,48+,49+,50+,53+,54+,55-,56-,57+,58+,59-,60-/m1/s1. The smallest absolute Gasteiger partial charge is 0.171 e. The van der Waals surface area contributed by atoms with Gasteiger partial charge >= 0.3 is 0 Å². The average Bonchev–Trinajstić information content (AvgIpc) is 3.96. The van der Waals surface area contributed by atoms with E-state index in [4.69, 9.17) is 18.9 Å². The van der Waals surface area contributed by atoms with Gasteiger partial charge in [-0.3, -0.25) is 9.59 Å². The lowest BCUT2D eigenvalue weighted by Gasteiger charge is -2.56. The van der Waals surface area contributed by atoms with Crippen molar-refractivity contribution in [2.24, 2.45) is 92.7 Å². The molecule has 0 aromatic heterocycles. The van der Waals surface area contributed by atoms with Gasteiger partial charge < -0.3 is 18.9 Å². The molecule has 10 aliphatic rings. The molecule has 11 rings (SSSR count). The summed E-state index contributed by atoms with van der Waals surface area (Å²) in [7, 11) is 0. The molecular formula is C60H82O6. The van der Waals surface area contributed by atoms with Gasteiger partial charge in [-0.15, -0.1) is 0 Å². The van der Waals surface area contributed by atoms with E-state index < -0.39 is 0 Å². The van der Waals surface area contributed by atoms with Crippen LogP contribution in [-0.4, -0.2) is 48.6 Å². The van der Waals surface area contributed by atoms with Crippen molar-refractivity contribution in [3.63, 3.8) is 0 Å². The van der Waals surface area contributed by atoms with E-state index in [9.17, 15) is 9.59 Å². The third kappa shape index (κ3) is 6.99. The Labute approximate surface area is 398 Å². The molecular weight excluding hydrogens is 817 g/mol. The molecule has 358 valence electrons. The first-order chi connectivity index (χ1) is 31.5. The Morgan fingerprint density at radius 3 is 1.33 bits per heavy atom. The van der Waals surface area contributed by atoms with Crippen molar-refractivity contribution in [2.75, 3.05) is 13.2 Å². The summed E-state index contributed by atoms with van der Waals surface area (Å²) in [5.74, 6) is 20.4. The van der Waals surface area contributed by atoms with Gasteiger partial charge in [0.15, 0.2) is 11.6 Å². The molecule has 4 aliphatic heterocycles. The summed E-state index contributed by atoms with van der Waals surface area (Å²) in [6, 6.07) is 8.36. The minimum atomic E-state index is -0.380. The van der Waals surface area contributed by atoms with Gasteiger partial charge in [-0.05, 0) is 171 Å². The summed E-state index contributed by atoms with van der Waals surface area (Å²) in [6.07, 6.45) is 18.6. The molecule has 1 aromatic carbocycles. The van der Waals surface area contributed by atoms with Gasteiger partial charge in [0.05, 0.1) is 25.4 Å². The Morgan fingerprint density at radius 1 is 0.545 bits per heavy atom. The van der Waals surface area contributed by atoms with Crippen LogP contribution >= 0.6 is 0 Å². The Bertz CT molecular complexity index is 2020. The fraction of sp³-hybridized carbons (Fsp3) is 0.800. The molecule has 6 saturated carbocycles. The third-order valence-electron chi connectivity index (χ3n) is 22.6. The van der Waals surface area contributed by atoms with Gasteiger partial charge in [0.1, 0.15) is 11.6 Å². The van der Waals surface area contributed by atoms with Crippen molar-refractivity contribution >= 4 is 11.6 Å². The number of hydrogen-bond acceptors (Lipinski definition) is 6. The molecule has 0 N–H and O–H groups in total. The quantitative estimate of drug-likeness (QED) is 0.280. The highest BCUT2D eigenvalue weighted by atomic mass is 16.7. The van der Waals surface area contributed by atoms with Crippen LogP contribution in [0.1, 0.15) is 182 Å². The van der Waals surface area contributed by atoms with E-state index in [1.165, 1.54) is 25.7 Å². The first kappa shape index (κ1) is 45.9. The van der Waals surface area contributed by atoms with Crippen LogP contribution in [0.3, 0.4) is 0 Å². The van der Waals surface area contributed by atoms with Crippen molar-refractivity contribution in [1.82, 2.24) is 0 Å². The molecule has 4 saturated heterocycles. The Balaban J connectivity index is 0.685. The van der Waals surface area contributed by atoms with E-state index in [0.29, 0.717) is 95.4 Å². The van der Waals surface area contributed by atoms with Gasteiger partial charge in [-0.2, -0.15) is 0 Å². The molecule has 6 aliphatic carbocycles. The molecule has 0 bridgehead atoms. The van der Waals surface area contributed by atoms with E-state index in [1.807, 2.05) is 0 Å². The molecule has 0 radical (unpaired) electrons. The summed E-state index contributed by atoms with van der Waals surface area (Å²) in [5.41, 5.74) is 1.89. The van der Waals surface area contributed by atoms with E-state index in [2.05, 4.69) is 103 Å². The molecule has 0 unspecified atom stereocenters. The minimum absolute atomic E-state index is 0.256. The normalized spacial score (nSPS) is 51.2. The van der Waals surface area contributed by atoms with Gasteiger partial charge in [0.25, 0.3) is 0 Å². The maximum Gasteiger partial charge on any atom is 0.171 e. The van der Waals surface area contributed by atoms with Crippen molar-refractivity contribution in [3.05, 3.63) is 35.4 Å². The van der Waals surface area contributed by atoms with Crippen LogP contribution in [0.25, 0.3) is 0 Å². The molecule has 2 spiro atoms. The second kappa shape index (κ2) is 16.6. The average molecular weight is 899 g/mol. The third-order valence-corrected chi connectivity index (χ3v) is 22.6. The summed E-state index contributed by atoms with van der Waals surface area (Å²) in [6.45, 7) is 20.8. The summed E-state index contributed by atoms with van der Waals surface area (Å²) in [5, 5.41) is 0. The second-order valence-electron chi connectivity index (χ2n) is 25.7.